The smallest absolute Gasteiger partial charge is 0.317 e. The van der Waals surface area contributed by atoms with E-state index in [1.165, 1.54) is 6.42 Å². The minimum atomic E-state index is -0.722. The maximum atomic E-state index is 10.6. The van der Waals surface area contributed by atoms with Crippen LogP contribution in [0, 0.1) is 11.8 Å². The second kappa shape index (κ2) is 7.69. The molecule has 0 atom stereocenters. The average Bonchev–Trinajstić information content (AvgIpc) is 2.00. The van der Waals surface area contributed by atoms with Gasteiger partial charge < -0.3 is 5.11 Å². The molecule has 0 aliphatic carbocycles. The van der Waals surface area contributed by atoms with Crippen molar-refractivity contribution in [1.29, 1.82) is 0 Å². The van der Waals surface area contributed by atoms with Gasteiger partial charge in [-0.25, -0.2) is 0 Å². The van der Waals surface area contributed by atoms with E-state index in [0.29, 0.717) is 11.8 Å². The average molecular weight is 215 g/mol. The molecule has 0 unspecified atom stereocenters. The van der Waals surface area contributed by atoms with Gasteiger partial charge >= 0.3 is 5.97 Å². The lowest BCUT2D eigenvalue weighted by Crippen LogP contribution is -2.33. The zero-order valence-corrected chi connectivity index (χ0v) is 10.5. The molecule has 0 rings (SSSR count). The lowest BCUT2D eigenvalue weighted by molar-refractivity contribution is -0.138. The van der Waals surface area contributed by atoms with Crippen LogP contribution in [-0.2, 0) is 4.79 Å². The van der Waals surface area contributed by atoms with Crippen LogP contribution in [-0.4, -0.2) is 35.6 Å². The summed E-state index contributed by atoms with van der Waals surface area (Å²) in [5.41, 5.74) is 0. The van der Waals surface area contributed by atoms with Crippen molar-refractivity contribution >= 4 is 5.97 Å². The topological polar surface area (TPSA) is 40.5 Å². The van der Waals surface area contributed by atoms with Crippen LogP contribution in [0.3, 0.4) is 0 Å². The van der Waals surface area contributed by atoms with Crippen LogP contribution in [0.5, 0.6) is 0 Å². The molecule has 0 aromatic heterocycles. The predicted molar refractivity (Wildman–Crippen MR) is 63.0 cm³/mol. The summed E-state index contributed by atoms with van der Waals surface area (Å²) in [6.45, 7) is 10.6. The molecule has 0 aromatic carbocycles. The number of hydrogen-bond acceptors (Lipinski definition) is 2. The van der Waals surface area contributed by atoms with Crippen molar-refractivity contribution in [3.8, 4) is 0 Å². The Hall–Kier alpha value is -0.570. The normalized spacial score (nSPS) is 11.7. The van der Waals surface area contributed by atoms with E-state index in [0.717, 1.165) is 19.5 Å². The van der Waals surface area contributed by atoms with Crippen molar-refractivity contribution in [2.75, 3.05) is 19.6 Å². The third-order valence-corrected chi connectivity index (χ3v) is 2.24. The Morgan fingerprint density at radius 1 is 1.20 bits per heavy atom. The van der Waals surface area contributed by atoms with Crippen molar-refractivity contribution < 1.29 is 9.90 Å². The van der Waals surface area contributed by atoms with Crippen LogP contribution in [0.25, 0.3) is 0 Å². The molecule has 1 N–H and O–H groups in total. The van der Waals surface area contributed by atoms with E-state index in [1.807, 2.05) is 4.90 Å². The SMILES string of the molecule is CC(C)CCCN(CC(=O)O)CC(C)C. The molecule has 0 bridgehead atoms. The van der Waals surface area contributed by atoms with Crippen LogP contribution < -0.4 is 0 Å². The number of nitrogens with zero attached hydrogens (tertiary/aromatic N) is 1. The molecular weight excluding hydrogens is 190 g/mol. The van der Waals surface area contributed by atoms with Crippen molar-refractivity contribution in [2.24, 2.45) is 11.8 Å². The molecule has 15 heavy (non-hydrogen) atoms. The maximum Gasteiger partial charge on any atom is 0.317 e. The minimum Gasteiger partial charge on any atom is -0.480 e. The first-order chi connectivity index (χ1) is 6.91. The Morgan fingerprint density at radius 2 is 1.80 bits per heavy atom. The summed E-state index contributed by atoms with van der Waals surface area (Å²) < 4.78 is 0. The predicted octanol–water partition coefficient (Wildman–Crippen LogP) is 2.47. The fraction of sp³-hybridized carbons (Fsp3) is 0.917. The van der Waals surface area contributed by atoms with E-state index in [9.17, 15) is 4.79 Å². The van der Waals surface area contributed by atoms with E-state index in [-0.39, 0.29) is 6.54 Å². The Morgan fingerprint density at radius 3 is 2.20 bits per heavy atom. The molecule has 3 heteroatoms. The Kier molecular flexibility index (Phi) is 7.39. The minimum absolute atomic E-state index is 0.177. The molecule has 0 aliphatic heterocycles. The molecule has 90 valence electrons. The second-order valence-electron chi connectivity index (χ2n) is 5.06. The highest BCUT2D eigenvalue weighted by Crippen LogP contribution is 2.06. The highest BCUT2D eigenvalue weighted by Gasteiger charge is 2.10. The fourth-order valence-electron chi connectivity index (χ4n) is 1.67. The van der Waals surface area contributed by atoms with Crippen LogP contribution in [0.1, 0.15) is 40.5 Å². The summed E-state index contributed by atoms with van der Waals surface area (Å²) in [6.07, 6.45) is 2.27. The molecule has 0 aromatic rings. The molecule has 0 saturated heterocycles. The van der Waals surface area contributed by atoms with Crippen molar-refractivity contribution in [2.45, 2.75) is 40.5 Å². The van der Waals surface area contributed by atoms with Crippen LogP contribution in [0.4, 0.5) is 0 Å². The van der Waals surface area contributed by atoms with E-state index < -0.39 is 5.97 Å². The van der Waals surface area contributed by atoms with Crippen molar-refractivity contribution in [3.05, 3.63) is 0 Å². The number of carboxylic acid groups (broad SMARTS) is 1. The quantitative estimate of drug-likeness (QED) is 0.676. The third-order valence-electron chi connectivity index (χ3n) is 2.24. The monoisotopic (exact) mass is 215 g/mol. The van der Waals surface area contributed by atoms with E-state index in [1.54, 1.807) is 0 Å². The van der Waals surface area contributed by atoms with Gasteiger partial charge in [0.1, 0.15) is 0 Å². The fourth-order valence-corrected chi connectivity index (χ4v) is 1.67. The number of rotatable bonds is 8. The second-order valence-corrected chi connectivity index (χ2v) is 5.06. The first-order valence-corrected chi connectivity index (χ1v) is 5.86. The summed E-state index contributed by atoms with van der Waals surface area (Å²) >= 11 is 0. The summed E-state index contributed by atoms with van der Waals surface area (Å²) in [5, 5.41) is 8.76. The van der Waals surface area contributed by atoms with E-state index in [2.05, 4.69) is 27.7 Å². The van der Waals surface area contributed by atoms with Crippen LogP contribution in [0.15, 0.2) is 0 Å². The number of aliphatic carboxylic acids is 1. The number of hydrogen-bond donors (Lipinski definition) is 1. The molecule has 0 saturated carbocycles. The summed E-state index contributed by atoms with van der Waals surface area (Å²) in [6, 6.07) is 0. The standard InChI is InChI=1S/C12H25NO2/c1-10(2)6-5-7-13(8-11(3)4)9-12(14)15/h10-11H,5-9H2,1-4H3,(H,14,15). The van der Waals surface area contributed by atoms with Gasteiger partial charge in [0.05, 0.1) is 6.54 Å². The third kappa shape index (κ3) is 9.73. The molecular formula is C12H25NO2. The molecule has 0 fully saturated rings. The van der Waals surface area contributed by atoms with Gasteiger partial charge in [0, 0.05) is 6.54 Å². The Bertz CT molecular complexity index is 178. The lowest BCUT2D eigenvalue weighted by atomic mass is 10.1. The van der Waals surface area contributed by atoms with Gasteiger partial charge in [0.25, 0.3) is 0 Å². The van der Waals surface area contributed by atoms with Crippen molar-refractivity contribution in [1.82, 2.24) is 4.90 Å². The highest BCUT2D eigenvalue weighted by atomic mass is 16.4. The van der Waals surface area contributed by atoms with E-state index >= 15 is 0 Å². The van der Waals surface area contributed by atoms with Crippen LogP contribution in [0.2, 0.25) is 0 Å². The molecule has 0 heterocycles. The van der Waals surface area contributed by atoms with Gasteiger partial charge in [-0.2, -0.15) is 0 Å². The highest BCUT2D eigenvalue weighted by molar-refractivity contribution is 5.69. The largest absolute Gasteiger partial charge is 0.480 e. The molecule has 0 radical (unpaired) electrons. The van der Waals surface area contributed by atoms with Crippen molar-refractivity contribution in [3.63, 3.8) is 0 Å². The zero-order valence-electron chi connectivity index (χ0n) is 10.5. The first kappa shape index (κ1) is 14.4. The maximum absolute atomic E-state index is 10.6. The van der Waals surface area contributed by atoms with Gasteiger partial charge in [0.15, 0.2) is 0 Å². The summed E-state index contributed by atoms with van der Waals surface area (Å²) in [7, 11) is 0. The molecule has 3 nitrogen and oxygen atoms in total. The number of carboxylic acids is 1. The molecule has 0 aliphatic rings. The van der Waals surface area contributed by atoms with Gasteiger partial charge in [-0.05, 0) is 31.2 Å². The molecule has 0 spiro atoms. The van der Waals surface area contributed by atoms with Gasteiger partial charge in [0.2, 0.25) is 0 Å². The summed E-state index contributed by atoms with van der Waals surface area (Å²) in [4.78, 5) is 12.7. The van der Waals surface area contributed by atoms with Gasteiger partial charge in [-0.1, -0.05) is 27.7 Å². The van der Waals surface area contributed by atoms with E-state index in [4.69, 9.17) is 5.11 Å². The van der Waals surface area contributed by atoms with Gasteiger partial charge in [-0.15, -0.1) is 0 Å². The summed E-state index contributed by atoms with van der Waals surface area (Å²) in [5.74, 6) is 0.513. The lowest BCUT2D eigenvalue weighted by Gasteiger charge is -2.22. The Balaban J connectivity index is 3.84. The first-order valence-electron chi connectivity index (χ1n) is 5.86. The van der Waals surface area contributed by atoms with Crippen LogP contribution >= 0.6 is 0 Å². The zero-order chi connectivity index (χ0) is 11.8. The number of carbonyl (C=O) groups is 1. The Labute approximate surface area is 93.5 Å². The molecule has 0 amide bonds. The van der Waals surface area contributed by atoms with Gasteiger partial charge in [-0.3, -0.25) is 9.69 Å².